The molecule has 2 amide bonds. The first-order valence-corrected chi connectivity index (χ1v) is 10.4. The van der Waals surface area contributed by atoms with E-state index in [4.69, 9.17) is 4.74 Å². The predicted octanol–water partition coefficient (Wildman–Crippen LogP) is 2.86. The second kappa shape index (κ2) is 10.8. The van der Waals surface area contributed by atoms with E-state index in [9.17, 15) is 9.59 Å². The van der Waals surface area contributed by atoms with Crippen LogP contribution in [-0.2, 0) is 15.0 Å². The summed E-state index contributed by atoms with van der Waals surface area (Å²) in [5, 5.41) is 5.82. The number of quaternary nitrogens is 1. The number of rotatable bonds is 9. The average molecular weight is 413 g/mol. The number of benzene rings is 2. The third-order valence-electron chi connectivity index (χ3n) is 4.84. The molecule has 1 unspecified atom stereocenters. The molecule has 0 bridgehead atoms. The molecule has 2 rings (SSSR count). The quantitative estimate of drug-likeness (QED) is 0.593. The molecule has 0 aliphatic heterocycles. The van der Waals surface area contributed by atoms with Crippen molar-refractivity contribution in [3.63, 3.8) is 0 Å². The molecule has 2 aromatic carbocycles. The Morgan fingerprint density at radius 2 is 1.53 bits per heavy atom. The number of amides is 2. The van der Waals surface area contributed by atoms with Gasteiger partial charge in [0, 0.05) is 5.69 Å². The second-order valence-corrected chi connectivity index (χ2v) is 8.48. The number of nitrogens with one attached hydrogen (secondary N) is 3. The zero-order valence-electron chi connectivity index (χ0n) is 18.7. The van der Waals surface area contributed by atoms with Crippen molar-refractivity contribution in [2.75, 3.05) is 37.4 Å². The summed E-state index contributed by atoms with van der Waals surface area (Å²) in [4.78, 5) is 26.0. The second-order valence-electron chi connectivity index (χ2n) is 8.48. The average Bonchev–Trinajstić information content (AvgIpc) is 2.68. The fraction of sp³-hybridized carbons (Fsp3) is 0.417. The van der Waals surface area contributed by atoms with Gasteiger partial charge >= 0.3 is 0 Å². The van der Waals surface area contributed by atoms with E-state index >= 15 is 0 Å². The van der Waals surface area contributed by atoms with Crippen molar-refractivity contribution >= 4 is 23.2 Å². The van der Waals surface area contributed by atoms with Crippen LogP contribution in [0.3, 0.4) is 0 Å². The van der Waals surface area contributed by atoms with Crippen molar-refractivity contribution in [1.82, 2.24) is 0 Å². The van der Waals surface area contributed by atoms with Gasteiger partial charge in [0.2, 0.25) is 0 Å². The van der Waals surface area contributed by atoms with Crippen molar-refractivity contribution in [2.45, 2.75) is 39.5 Å². The van der Waals surface area contributed by atoms with Gasteiger partial charge in [0.05, 0.1) is 19.3 Å². The Kier molecular flexibility index (Phi) is 8.42. The van der Waals surface area contributed by atoms with Crippen LogP contribution in [0.15, 0.2) is 48.5 Å². The van der Waals surface area contributed by atoms with Crippen LogP contribution in [-0.4, -0.2) is 38.6 Å². The molecule has 6 heteroatoms. The molecule has 0 heterocycles. The van der Waals surface area contributed by atoms with Crippen LogP contribution in [0.5, 0.6) is 5.75 Å². The SMILES string of the molecule is CCC[NH+](CC(=O)Nc1ccc(C(C)(C)C)cc1)CC(=O)Nc1ccccc1OC. The summed E-state index contributed by atoms with van der Waals surface area (Å²) < 4.78 is 5.27. The largest absolute Gasteiger partial charge is 0.495 e. The van der Waals surface area contributed by atoms with E-state index in [0.29, 0.717) is 11.4 Å². The highest BCUT2D eigenvalue weighted by Crippen LogP contribution is 2.23. The van der Waals surface area contributed by atoms with Gasteiger partial charge < -0.3 is 20.3 Å². The van der Waals surface area contributed by atoms with Crippen LogP contribution < -0.4 is 20.3 Å². The van der Waals surface area contributed by atoms with Gasteiger partial charge in [-0.05, 0) is 41.7 Å². The van der Waals surface area contributed by atoms with Crippen LogP contribution in [0.25, 0.3) is 0 Å². The number of para-hydroxylation sites is 2. The van der Waals surface area contributed by atoms with Gasteiger partial charge in [0.15, 0.2) is 13.1 Å². The summed E-state index contributed by atoms with van der Waals surface area (Å²) in [5.74, 6) is 0.358. The topological polar surface area (TPSA) is 71.9 Å². The fourth-order valence-electron chi connectivity index (χ4n) is 3.25. The summed E-state index contributed by atoms with van der Waals surface area (Å²) in [6, 6.07) is 15.2. The zero-order chi connectivity index (χ0) is 22.1. The molecule has 1 atom stereocenters. The maximum Gasteiger partial charge on any atom is 0.279 e. The first-order chi connectivity index (χ1) is 14.2. The maximum absolute atomic E-state index is 12.5. The van der Waals surface area contributed by atoms with E-state index in [1.165, 1.54) is 5.56 Å². The molecular formula is C24H34N3O3+. The molecule has 0 aromatic heterocycles. The monoisotopic (exact) mass is 412 g/mol. The molecule has 30 heavy (non-hydrogen) atoms. The van der Waals surface area contributed by atoms with Crippen molar-refractivity contribution in [3.8, 4) is 5.75 Å². The molecule has 6 nitrogen and oxygen atoms in total. The smallest absolute Gasteiger partial charge is 0.279 e. The van der Waals surface area contributed by atoms with Gasteiger partial charge in [-0.3, -0.25) is 9.59 Å². The van der Waals surface area contributed by atoms with Crippen molar-refractivity contribution in [3.05, 3.63) is 54.1 Å². The lowest BCUT2D eigenvalue weighted by molar-refractivity contribution is -0.883. The first kappa shape index (κ1) is 23.4. The summed E-state index contributed by atoms with van der Waals surface area (Å²) in [7, 11) is 1.57. The van der Waals surface area contributed by atoms with E-state index in [-0.39, 0.29) is 30.3 Å². The minimum Gasteiger partial charge on any atom is -0.495 e. The Morgan fingerprint density at radius 3 is 2.10 bits per heavy atom. The van der Waals surface area contributed by atoms with Crippen LogP contribution >= 0.6 is 0 Å². The van der Waals surface area contributed by atoms with Gasteiger partial charge in [0.1, 0.15) is 5.75 Å². The molecular weight excluding hydrogens is 378 g/mol. The number of methoxy groups -OCH3 is 1. The van der Waals surface area contributed by atoms with Gasteiger partial charge in [-0.1, -0.05) is 52.0 Å². The molecule has 0 radical (unpaired) electrons. The van der Waals surface area contributed by atoms with Gasteiger partial charge in [-0.25, -0.2) is 0 Å². The molecule has 0 saturated heterocycles. The number of carbonyl (C=O) groups excluding carboxylic acids is 2. The van der Waals surface area contributed by atoms with Crippen LogP contribution in [0, 0.1) is 0 Å². The van der Waals surface area contributed by atoms with Gasteiger partial charge in [0.25, 0.3) is 11.8 Å². The third kappa shape index (κ3) is 7.19. The third-order valence-corrected chi connectivity index (χ3v) is 4.84. The molecule has 2 aromatic rings. The summed E-state index contributed by atoms with van der Waals surface area (Å²) in [5.41, 5.74) is 2.68. The Labute approximate surface area is 179 Å². The molecule has 0 spiro atoms. The molecule has 162 valence electrons. The molecule has 0 aliphatic rings. The highest BCUT2D eigenvalue weighted by molar-refractivity contribution is 5.94. The van der Waals surface area contributed by atoms with Crippen molar-refractivity contribution < 1.29 is 19.2 Å². The molecule has 0 fully saturated rings. The van der Waals surface area contributed by atoms with E-state index in [2.05, 4.69) is 31.4 Å². The Bertz CT molecular complexity index is 842. The van der Waals surface area contributed by atoms with E-state index in [0.717, 1.165) is 23.6 Å². The van der Waals surface area contributed by atoms with Crippen LogP contribution in [0.4, 0.5) is 11.4 Å². The van der Waals surface area contributed by atoms with E-state index in [1.807, 2.05) is 43.3 Å². The lowest BCUT2D eigenvalue weighted by Crippen LogP contribution is -3.14. The van der Waals surface area contributed by atoms with E-state index in [1.54, 1.807) is 19.2 Å². The number of hydrogen-bond donors (Lipinski definition) is 3. The van der Waals surface area contributed by atoms with Crippen LogP contribution in [0.2, 0.25) is 0 Å². The summed E-state index contributed by atoms with van der Waals surface area (Å²) in [6.45, 7) is 9.68. The van der Waals surface area contributed by atoms with Crippen molar-refractivity contribution in [1.29, 1.82) is 0 Å². The number of ether oxygens (including phenoxy) is 1. The number of hydrogen-bond acceptors (Lipinski definition) is 3. The lowest BCUT2D eigenvalue weighted by Gasteiger charge is -2.20. The van der Waals surface area contributed by atoms with Crippen LogP contribution in [0.1, 0.15) is 39.7 Å². The predicted molar refractivity (Wildman–Crippen MR) is 121 cm³/mol. The minimum atomic E-state index is -0.148. The first-order valence-electron chi connectivity index (χ1n) is 10.4. The summed E-state index contributed by atoms with van der Waals surface area (Å²) in [6.07, 6.45) is 0.880. The van der Waals surface area contributed by atoms with E-state index < -0.39 is 0 Å². The highest BCUT2D eigenvalue weighted by Gasteiger charge is 2.19. The lowest BCUT2D eigenvalue weighted by atomic mass is 9.87. The van der Waals surface area contributed by atoms with Gasteiger partial charge in [-0.15, -0.1) is 0 Å². The zero-order valence-corrected chi connectivity index (χ0v) is 18.7. The fourth-order valence-corrected chi connectivity index (χ4v) is 3.25. The maximum atomic E-state index is 12.5. The summed E-state index contributed by atoms with van der Waals surface area (Å²) >= 11 is 0. The van der Waals surface area contributed by atoms with Crippen molar-refractivity contribution in [2.24, 2.45) is 0 Å². The standard InChI is InChI=1S/C24H33N3O3/c1-6-15-27(17-23(29)26-20-9-7-8-10-21(20)30-5)16-22(28)25-19-13-11-18(12-14-19)24(2,3)4/h7-14H,6,15-17H2,1-5H3,(H,25,28)(H,26,29)/p+1. The minimum absolute atomic E-state index is 0.0689. The number of anilines is 2. The Balaban J connectivity index is 1.94. The molecule has 3 N–H and O–H groups in total. The highest BCUT2D eigenvalue weighted by atomic mass is 16.5. The normalized spacial score (nSPS) is 12.2. The molecule has 0 saturated carbocycles. The van der Waals surface area contributed by atoms with Gasteiger partial charge in [-0.2, -0.15) is 0 Å². The number of carbonyl (C=O) groups is 2. The Morgan fingerprint density at radius 1 is 0.933 bits per heavy atom. The molecule has 0 aliphatic carbocycles. The Hall–Kier alpha value is -2.86.